The van der Waals surface area contributed by atoms with E-state index in [1.807, 2.05) is 11.3 Å². The molecule has 0 saturated carbocycles. The Labute approximate surface area is 128 Å². The second-order valence-corrected chi connectivity index (χ2v) is 8.01. The van der Waals surface area contributed by atoms with Gasteiger partial charge >= 0.3 is 0 Å². The van der Waals surface area contributed by atoms with Crippen LogP contribution in [0.3, 0.4) is 0 Å². The fourth-order valence-corrected chi connectivity index (χ4v) is 3.43. The van der Waals surface area contributed by atoms with E-state index in [0.29, 0.717) is 0 Å². The highest BCUT2D eigenvalue weighted by Gasteiger charge is 2.16. The molecule has 4 heteroatoms. The molecule has 0 aliphatic carbocycles. The smallest absolute Gasteiger partial charge is 0.0300 e. The Bertz CT molecular complexity index is 400. The molecule has 1 aromatic heterocycles. The molecule has 0 radical (unpaired) electrons. The molecule has 1 fully saturated rings. The van der Waals surface area contributed by atoms with Crippen molar-refractivity contribution in [1.82, 2.24) is 15.1 Å². The summed E-state index contributed by atoms with van der Waals surface area (Å²) < 4.78 is 0. The predicted octanol–water partition coefficient (Wildman–Crippen LogP) is 2.38. The first kappa shape index (κ1) is 16.0. The number of piperazine rings is 1. The molecule has 1 N–H and O–H groups in total. The van der Waals surface area contributed by atoms with Crippen LogP contribution in [0.2, 0.25) is 0 Å². The van der Waals surface area contributed by atoms with Gasteiger partial charge in [0.05, 0.1) is 0 Å². The lowest BCUT2D eigenvalue weighted by molar-refractivity contribution is 0.154. The normalized spacial score (nSPS) is 18.6. The van der Waals surface area contributed by atoms with Crippen LogP contribution in [0.15, 0.2) is 12.1 Å². The van der Waals surface area contributed by atoms with Crippen molar-refractivity contribution >= 4 is 11.3 Å². The monoisotopic (exact) mass is 295 g/mol. The van der Waals surface area contributed by atoms with Gasteiger partial charge in [-0.25, -0.2) is 0 Å². The second-order valence-electron chi connectivity index (χ2n) is 6.84. The summed E-state index contributed by atoms with van der Waals surface area (Å²) in [5, 5.41) is 3.58. The minimum atomic E-state index is 0.281. The maximum atomic E-state index is 3.58. The summed E-state index contributed by atoms with van der Waals surface area (Å²) in [4.78, 5) is 7.90. The van der Waals surface area contributed by atoms with E-state index in [-0.39, 0.29) is 5.41 Å². The maximum absolute atomic E-state index is 3.58. The largest absolute Gasteiger partial charge is 0.311 e. The molecular formula is C16H29N3S. The van der Waals surface area contributed by atoms with Gasteiger partial charge in [-0.15, -0.1) is 11.3 Å². The van der Waals surface area contributed by atoms with Crippen LogP contribution in [-0.2, 0) is 12.0 Å². The summed E-state index contributed by atoms with van der Waals surface area (Å²) in [7, 11) is 2.21. The number of hydrogen-bond acceptors (Lipinski definition) is 4. The third-order valence-electron chi connectivity index (χ3n) is 3.90. The van der Waals surface area contributed by atoms with Gasteiger partial charge in [-0.3, -0.25) is 4.90 Å². The number of rotatable bonds is 5. The van der Waals surface area contributed by atoms with Crippen LogP contribution in [0.5, 0.6) is 0 Å². The van der Waals surface area contributed by atoms with Crippen molar-refractivity contribution in [3.8, 4) is 0 Å². The second kappa shape index (κ2) is 7.03. The van der Waals surface area contributed by atoms with Crippen LogP contribution in [0.25, 0.3) is 0 Å². The lowest BCUT2D eigenvalue weighted by Gasteiger charge is -2.32. The SMILES string of the molecule is CN1CCN(CCNCc2ccc(C(C)(C)C)s2)CC1. The van der Waals surface area contributed by atoms with Crippen LogP contribution in [-0.4, -0.2) is 56.1 Å². The average molecular weight is 295 g/mol. The van der Waals surface area contributed by atoms with E-state index in [1.165, 1.54) is 42.5 Å². The zero-order chi connectivity index (χ0) is 14.6. The summed E-state index contributed by atoms with van der Waals surface area (Å²) in [6.45, 7) is 15.0. The lowest BCUT2D eigenvalue weighted by Crippen LogP contribution is -2.46. The summed E-state index contributed by atoms with van der Waals surface area (Å²) in [6.07, 6.45) is 0. The van der Waals surface area contributed by atoms with Crippen molar-refractivity contribution in [2.75, 3.05) is 46.3 Å². The van der Waals surface area contributed by atoms with Crippen LogP contribution in [0, 0.1) is 0 Å². The number of nitrogens with one attached hydrogen (secondary N) is 1. The highest BCUT2D eigenvalue weighted by molar-refractivity contribution is 7.12. The number of hydrogen-bond donors (Lipinski definition) is 1. The van der Waals surface area contributed by atoms with Crippen molar-refractivity contribution in [2.24, 2.45) is 0 Å². The zero-order valence-electron chi connectivity index (χ0n) is 13.4. The Balaban J connectivity index is 1.65. The Kier molecular flexibility index (Phi) is 5.61. The van der Waals surface area contributed by atoms with Crippen LogP contribution in [0.1, 0.15) is 30.5 Å². The first-order valence-electron chi connectivity index (χ1n) is 7.66. The van der Waals surface area contributed by atoms with Crippen molar-refractivity contribution in [2.45, 2.75) is 32.7 Å². The molecule has 0 spiro atoms. The van der Waals surface area contributed by atoms with Gasteiger partial charge in [0, 0.05) is 55.6 Å². The van der Waals surface area contributed by atoms with E-state index < -0.39 is 0 Å². The van der Waals surface area contributed by atoms with Crippen LogP contribution >= 0.6 is 11.3 Å². The molecule has 1 aliphatic rings. The predicted molar refractivity (Wildman–Crippen MR) is 88.7 cm³/mol. The molecule has 3 nitrogen and oxygen atoms in total. The van der Waals surface area contributed by atoms with Crippen molar-refractivity contribution in [3.05, 3.63) is 21.9 Å². The first-order valence-corrected chi connectivity index (χ1v) is 8.47. The molecule has 114 valence electrons. The third kappa shape index (κ3) is 4.85. The van der Waals surface area contributed by atoms with Gasteiger partial charge in [-0.1, -0.05) is 20.8 Å². The molecule has 20 heavy (non-hydrogen) atoms. The fourth-order valence-electron chi connectivity index (χ4n) is 2.40. The molecule has 2 heterocycles. The van der Waals surface area contributed by atoms with E-state index >= 15 is 0 Å². The van der Waals surface area contributed by atoms with Gasteiger partial charge in [0.15, 0.2) is 0 Å². The lowest BCUT2D eigenvalue weighted by atomic mass is 9.95. The number of nitrogens with zero attached hydrogens (tertiary/aromatic N) is 2. The molecule has 1 saturated heterocycles. The molecule has 1 aromatic rings. The van der Waals surface area contributed by atoms with Crippen molar-refractivity contribution in [3.63, 3.8) is 0 Å². The van der Waals surface area contributed by atoms with Gasteiger partial charge < -0.3 is 10.2 Å². The van der Waals surface area contributed by atoms with Gasteiger partial charge in [-0.05, 0) is 24.6 Å². The molecule has 0 atom stereocenters. The zero-order valence-corrected chi connectivity index (χ0v) is 14.2. The first-order chi connectivity index (χ1) is 9.45. The minimum Gasteiger partial charge on any atom is -0.311 e. The van der Waals surface area contributed by atoms with E-state index in [0.717, 1.165) is 13.1 Å². The topological polar surface area (TPSA) is 18.5 Å². The molecule has 0 amide bonds. The number of likely N-dealkylation sites (N-methyl/N-ethyl adjacent to an activating group) is 1. The summed E-state index contributed by atoms with van der Waals surface area (Å²) in [6, 6.07) is 4.55. The Morgan fingerprint density at radius 2 is 1.85 bits per heavy atom. The van der Waals surface area contributed by atoms with Crippen LogP contribution in [0.4, 0.5) is 0 Å². The molecular weight excluding hydrogens is 266 g/mol. The summed E-state index contributed by atoms with van der Waals surface area (Å²) >= 11 is 1.94. The molecule has 0 aromatic carbocycles. The highest BCUT2D eigenvalue weighted by atomic mass is 32.1. The van der Waals surface area contributed by atoms with Gasteiger partial charge in [-0.2, -0.15) is 0 Å². The fraction of sp³-hybridized carbons (Fsp3) is 0.750. The standard InChI is InChI=1S/C16H29N3S/c1-16(2,3)15-6-5-14(20-15)13-17-7-8-19-11-9-18(4)10-12-19/h5-6,17H,7-13H2,1-4H3. The average Bonchev–Trinajstić information content (AvgIpc) is 2.85. The minimum absolute atomic E-state index is 0.281. The molecule has 0 bridgehead atoms. The maximum Gasteiger partial charge on any atom is 0.0300 e. The summed E-state index contributed by atoms with van der Waals surface area (Å²) in [5.41, 5.74) is 0.281. The van der Waals surface area contributed by atoms with Gasteiger partial charge in [0.1, 0.15) is 0 Å². The third-order valence-corrected chi connectivity index (χ3v) is 5.41. The molecule has 1 aliphatic heterocycles. The Morgan fingerprint density at radius 3 is 2.45 bits per heavy atom. The Hall–Kier alpha value is -0.420. The number of thiophene rings is 1. The molecule has 2 rings (SSSR count). The van der Waals surface area contributed by atoms with E-state index in [1.54, 1.807) is 0 Å². The van der Waals surface area contributed by atoms with E-state index in [9.17, 15) is 0 Å². The van der Waals surface area contributed by atoms with E-state index in [4.69, 9.17) is 0 Å². The van der Waals surface area contributed by atoms with Crippen molar-refractivity contribution in [1.29, 1.82) is 0 Å². The molecule has 0 unspecified atom stereocenters. The van der Waals surface area contributed by atoms with Gasteiger partial charge in [0.2, 0.25) is 0 Å². The Morgan fingerprint density at radius 1 is 1.15 bits per heavy atom. The van der Waals surface area contributed by atoms with Crippen molar-refractivity contribution < 1.29 is 0 Å². The quantitative estimate of drug-likeness (QED) is 0.842. The van der Waals surface area contributed by atoms with E-state index in [2.05, 4.69) is 55.1 Å². The summed E-state index contributed by atoms with van der Waals surface area (Å²) in [5.74, 6) is 0. The highest BCUT2D eigenvalue weighted by Crippen LogP contribution is 2.29. The van der Waals surface area contributed by atoms with Gasteiger partial charge in [0.25, 0.3) is 0 Å². The van der Waals surface area contributed by atoms with Crippen LogP contribution < -0.4 is 5.32 Å².